The van der Waals surface area contributed by atoms with Crippen molar-refractivity contribution in [2.24, 2.45) is 10.7 Å². The third kappa shape index (κ3) is 3.88. The average Bonchev–Trinajstić information content (AvgIpc) is 3.18. The Morgan fingerprint density at radius 1 is 1.21 bits per heavy atom. The fourth-order valence-electron chi connectivity index (χ4n) is 2.94. The van der Waals surface area contributed by atoms with Crippen molar-refractivity contribution in [2.75, 3.05) is 0 Å². The van der Waals surface area contributed by atoms with E-state index in [0.29, 0.717) is 10.1 Å². The molecule has 6 nitrogen and oxygen atoms in total. The molecule has 0 bridgehead atoms. The summed E-state index contributed by atoms with van der Waals surface area (Å²) in [5.41, 5.74) is 7.84. The van der Waals surface area contributed by atoms with Gasteiger partial charge in [0, 0.05) is 27.1 Å². The highest BCUT2D eigenvalue weighted by atomic mass is 79.9. The summed E-state index contributed by atoms with van der Waals surface area (Å²) in [6.45, 7) is 0.0826. The molecule has 3 N–H and O–H groups in total. The lowest BCUT2D eigenvalue weighted by atomic mass is 10.1. The van der Waals surface area contributed by atoms with Crippen molar-refractivity contribution in [1.29, 1.82) is 0 Å². The number of hydrogen-bond acceptors (Lipinski definition) is 4. The summed E-state index contributed by atoms with van der Waals surface area (Å²) in [5, 5.41) is 4.26. The molecule has 140 valence electrons. The van der Waals surface area contributed by atoms with Gasteiger partial charge in [-0.25, -0.2) is 4.99 Å². The molecule has 2 amide bonds. The normalized spacial score (nSPS) is 16.8. The second-order valence-corrected chi connectivity index (χ2v) is 8.10. The van der Waals surface area contributed by atoms with Gasteiger partial charge in [-0.15, -0.1) is 0 Å². The van der Waals surface area contributed by atoms with E-state index in [1.165, 1.54) is 11.8 Å². The molecule has 2 heterocycles. The number of primary amides is 1. The molecule has 3 aromatic rings. The van der Waals surface area contributed by atoms with Crippen LogP contribution >= 0.6 is 27.7 Å². The zero-order valence-corrected chi connectivity index (χ0v) is 17.0. The van der Waals surface area contributed by atoms with Gasteiger partial charge in [0.25, 0.3) is 5.91 Å². The molecule has 2 aromatic carbocycles. The SMILES string of the molecule is NC(=O)Cn1cc(/C=C2\SC(=Nc3ccc(Br)cc3)NC2=O)c2ccccc21. The second-order valence-electron chi connectivity index (χ2n) is 6.15. The number of nitrogens with zero attached hydrogens (tertiary/aromatic N) is 2. The summed E-state index contributed by atoms with van der Waals surface area (Å²) in [7, 11) is 0. The highest BCUT2D eigenvalue weighted by molar-refractivity contribution is 9.10. The first kappa shape index (κ1) is 18.5. The molecule has 1 aliphatic heterocycles. The molecular weight excluding hydrogens is 440 g/mol. The van der Waals surface area contributed by atoms with Crippen LogP contribution in [0.2, 0.25) is 0 Å². The highest BCUT2D eigenvalue weighted by Gasteiger charge is 2.24. The van der Waals surface area contributed by atoms with Gasteiger partial charge in [-0.2, -0.15) is 0 Å². The van der Waals surface area contributed by atoms with Gasteiger partial charge in [-0.1, -0.05) is 34.1 Å². The monoisotopic (exact) mass is 454 g/mol. The van der Waals surface area contributed by atoms with Gasteiger partial charge < -0.3 is 15.6 Å². The quantitative estimate of drug-likeness (QED) is 0.587. The summed E-state index contributed by atoms with van der Waals surface area (Å²) in [5.74, 6) is -0.621. The van der Waals surface area contributed by atoms with Crippen LogP contribution in [0, 0.1) is 0 Å². The molecule has 0 saturated carbocycles. The van der Waals surface area contributed by atoms with Crippen LogP contribution in [0.15, 0.2) is 69.1 Å². The fraction of sp³-hybridized carbons (Fsp3) is 0.0500. The maximum absolute atomic E-state index is 12.4. The fourth-order valence-corrected chi connectivity index (χ4v) is 4.04. The summed E-state index contributed by atoms with van der Waals surface area (Å²) < 4.78 is 2.76. The first-order valence-corrected chi connectivity index (χ1v) is 10.0. The third-order valence-corrected chi connectivity index (χ3v) is 5.58. The van der Waals surface area contributed by atoms with Gasteiger partial charge >= 0.3 is 0 Å². The molecule has 8 heteroatoms. The van der Waals surface area contributed by atoms with Crippen LogP contribution in [0.1, 0.15) is 5.56 Å². The molecule has 0 unspecified atom stereocenters. The maximum Gasteiger partial charge on any atom is 0.264 e. The largest absolute Gasteiger partial charge is 0.368 e. The molecule has 1 saturated heterocycles. The number of nitrogens with two attached hydrogens (primary N) is 1. The topological polar surface area (TPSA) is 89.5 Å². The summed E-state index contributed by atoms with van der Waals surface area (Å²) in [4.78, 5) is 28.7. The standard InChI is InChI=1S/C20H15BrN4O2S/c21-13-5-7-14(8-6-13)23-20-24-19(27)17(28-20)9-12-10-25(11-18(22)26)16-4-2-1-3-15(12)16/h1-10H,11H2,(H2,22,26)(H,23,24,27)/b17-9-. The van der Waals surface area contributed by atoms with Crippen molar-refractivity contribution in [3.8, 4) is 0 Å². The minimum atomic E-state index is -0.420. The number of aliphatic imine (C=N–C) groups is 1. The van der Waals surface area contributed by atoms with Gasteiger partial charge in [0.1, 0.15) is 6.54 Å². The van der Waals surface area contributed by atoms with E-state index in [2.05, 4.69) is 26.2 Å². The summed E-state index contributed by atoms with van der Waals surface area (Å²) in [6, 6.07) is 15.2. The molecule has 28 heavy (non-hydrogen) atoms. The van der Waals surface area contributed by atoms with Crippen molar-refractivity contribution < 1.29 is 9.59 Å². The van der Waals surface area contributed by atoms with Crippen molar-refractivity contribution in [2.45, 2.75) is 6.54 Å². The van der Waals surface area contributed by atoms with E-state index < -0.39 is 5.91 Å². The van der Waals surface area contributed by atoms with Gasteiger partial charge in [-0.3, -0.25) is 9.59 Å². The lowest BCUT2D eigenvalue weighted by Gasteiger charge is -2.00. The first-order chi connectivity index (χ1) is 13.5. The number of benzene rings is 2. The zero-order chi connectivity index (χ0) is 19.7. The number of thioether (sulfide) groups is 1. The molecule has 0 spiro atoms. The van der Waals surface area contributed by atoms with Crippen LogP contribution in [0.3, 0.4) is 0 Å². The average molecular weight is 455 g/mol. The number of amidine groups is 1. The number of aromatic nitrogens is 1. The minimum absolute atomic E-state index is 0.0826. The van der Waals surface area contributed by atoms with Crippen molar-refractivity contribution >= 4 is 67.3 Å². The molecule has 1 fully saturated rings. The van der Waals surface area contributed by atoms with Gasteiger partial charge in [0.05, 0.1) is 10.6 Å². The predicted molar refractivity (Wildman–Crippen MR) is 116 cm³/mol. The van der Waals surface area contributed by atoms with Crippen LogP contribution in [0.4, 0.5) is 5.69 Å². The molecule has 1 aliphatic rings. The van der Waals surface area contributed by atoms with E-state index >= 15 is 0 Å². The molecule has 0 atom stereocenters. The lowest BCUT2D eigenvalue weighted by Crippen LogP contribution is -2.19. The molecule has 0 radical (unpaired) electrons. The van der Waals surface area contributed by atoms with E-state index in [4.69, 9.17) is 5.73 Å². The van der Waals surface area contributed by atoms with Crippen LogP contribution < -0.4 is 11.1 Å². The molecule has 4 rings (SSSR count). The Morgan fingerprint density at radius 2 is 1.96 bits per heavy atom. The smallest absolute Gasteiger partial charge is 0.264 e. The predicted octanol–water partition coefficient (Wildman–Crippen LogP) is 3.78. The van der Waals surface area contributed by atoms with E-state index in [1.54, 1.807) is 4.57 Å². The Labute approximate surface area is 173 Å². The van der Waals surface area contributed by atoms with E-state index in [-0.39, 0.29) is 12.5 Å². The number of amides is 2. The molecule has 0 aliphatic carbocycles. The minimum Gasteiger partial charge on any atom is -0.368 e. The van der Waals surface area contributed by atoms with Crippen molar-refractivity contribution in [3.05, 3.63) is 69.7 Å². The Hall–Kier alpha value is -2.84. The highest BCUT2D eigenvalue weighted by Crippen LogP contribution is 2.31. The number of rotatable bonds is 4. The van der Waals surface area contributed by atoms with Crippen LogP contribution in [0.25, 0.3) is 17.0 Å². The number of carbonyl (C=O) groups is 2. The number of nitrogens with one attached hydrogen (secondary N) is 1. The van der Waals surface area contributed by atoms with E-state index in [1.807, 2.05) is 60.8 Å². The summed E-state index contributed by atoms with van der Waals surface area (Å²) in [6.07, 6.45) is 3.64. The van der Waals surface area contributed by atoms with Crippen molar-refractivity contribution in [3.63, 3.8) is 0 Å². The number of hydrogen-bond donors (Lipinski definition) is 2. The number of halogens is 1. The Kier molecular flexibility index (Phi) is 5.06. The number of carbonyl (C=O) groups excluding carboxylic acids is 2. The van der Waals surface area contributed by atoms with Crippen molar-refractivity contribution in [1.82, 2.24) is 9.88 Å². The number of para-hydroxylation sites is 1. The Morgan fingerprint density at radius 3 is 2.71 bits per heavy atom. The van der Waals surface area contributed by atoms with E-state index in [0.717, 1.165) is 26.6 Å². The second kappa shape index (κ2) is 7.65. The third-order valence-electron chi connectivity index (χ3n) is 4.14. The van der Waals surface area contributed by atoms with Crippen LogP contribution in [-0.4, -0.2) is 21.5 Å². The molecular formula is C20H15BrN4O2S. The Balaban J connectivity index is 1.67. The number of fused-ring (bicyclic) bond motifs is 1. The Bertz CT molecular complexity index is 1150. The zero-order valence-electron chi connectivity index (χ0n) is 14.6. The van der Waals surface area contributed by atoms with Gasteiger partial charge in [0.15, 0.2) is 5.17 Å². The lowest BCUT2D eigenvalue weighted by molar-refractivity contribution is -0.118. The van der Waals surface area contributed by atoms with E-state index in [9.17, 15) is 9.59 Å². The summed E-state index contributed by atoms with van der Waals surface area (Å²) >= 11 is 4.67. The van der Waals surface area contributed by atoms with Gasteiger partial charge in [0.2, 0.25) is 5.91 Å². The first-order valence-electron chi connectivity index (χ1n) is 8.41. The molecule has 1 aromatic heterocycles. The van der Waals surface area contributed by atoms with Crippen LogP contribution in [0.5, 0.6) is 0 Å². The maximum atomic E-state index is 12.4. The van der Waals surface area contributed by atoms with Gasteiger partial charge in [-0.05, 0) is 48.2 Å². The van der Waals surface area contributed by atoms with Crippen LogP contribution in [-0.2, 0) is 16.1 Å².